The molecule has 1 saturated heterocycles. The first-order valence-corrected chi connectivity index (χ1v) is 8.15. The number of ether oxygens (including phenoxy) is 2. The average Bonchev–Trinajstić information content (AvgIpc) is 2.84. The van der Waals surface area contributed by atoms with E-state index in [0.717, 1.165) is 37.2 Å². The summed E-state index contributed by atoms with van der Waals surface area (Å²) < 4.78 is 10.6. The second kappa shape index (κ2) is 7.35. The monoisotopic (exact) mass is 318 g/mol. The quantitative estimate of drug-likeness (QED) is 0.860. The average molecular weight is 318 g/mol. The summed E-state index contributed by atoms with van der Waals surface area (Å²) in [4.78, 5) is 25.9. The SMILES string of the molecule is O=C(CC(=O)N1CCCCCC1)NCc1ccc2c(c1)OCO2. The van der Waals surface area contributed by atoms with Gasteiger partial charge in [0.05, 0.1) is 0 Å². The van der Waals surface area contributed by atoms with Crippen molar-refractivity contribution in [3.63, 3.8) is 0 Å². The van der Waals surface area contributed by atoms with Crippen molar-refractivity contribution in [3.05, 3.63) is 23.8 Å². The third-order valence-electron chi connectivity index (χ3n) is 4.20. The molecule has 1 aromatic carbocycles. The van der Waals surface area contributed by atoms with Gasteiger partial charge in [-0.2, -0.15) is 0 Å². The van der Waals surface area contributed by atoms with Gasteiger partial charge < -0.3 is 19.7 Å². The Morgan fingerprint density at radius 1 is 1.04 bits per heavy atom. The first kappa shape index (κ1) is 15.6. The van der Waals surface area contributed by atoms with Crippen molar-refractivity contribution >= 4 is 11.8 Å². The molecule has 3 rings (SSSR count). The van der Waals surface area contributed by atoms with E-state index in [2.05, 4.69) is 5.32 Å². The van der Waals surface area contributed by atoms with Gasteiger partial charge in [0.1, 0.15) is 6.42 Å². The van der Waals surface area contributed by atoms with E-state index in [0.29, 0.717) is 12.3 Å². The summed E-state index contributed by atoms with van der Waals surface area (Å²) in [6.45, 7) is 2.15. The van der Waals surface area contributed by atoms with Crippen molar-refractivity contribution in [3.8, 4) is 11.5 Å². The molecule has 0 bridgehead atoms. The van der Waals surface area contributed by atoms with E-state index >= 15 is 0 Å². The zero-order valence-corrected chi connectivity index (χ0v) is 13.2. The number of likely N-dealkylation sites (tertiary alicyclic amines) is 1. The molecular weight excluding hydrogens is 296 g/mol. The maximum atomic E-state index is 12.2. The number of carbonyl (C=O) groups is 2. The van der Waals surface area contributed by atoms with Crippen LogP contribution in [0, 0.1) is 0 Å². The Balaban J connectivity index is 1.46. The second-order valence-electron chi connectivity index (χ2n) is 5.94. The lowest BCUT2D eigenvalue weighted by molar-refractivity contribution is -0.136. The number of amides is 2. The molecular formula is C17H22N2O4. The Morgan fingerprint density at radius 2 is 1.78 bits per heavy atom. The molecule has 2 heterocycles. The van der Waals surface area contributed by atoms with Crippen molar-refractivity contribution in [1.82, 2.24) is 10.2 Å². The summed E-state index contributed by atoms with van der Waals surface area (Å²) in [6.07, 6.45) is 4.32. The van der Waals surface area contributed by atoms with Crippen LogP contribution in [0.15, 0.2) is 18.2 Å². The van der Waals surface area contributed by atoms with Crippen LogP contribution in [0.3, 0.4) is 0 Å². The highest BCUT2D eigenvalue weighted by molar-refractivity contribution is 5.96. The van der Waals surface area contributed by atoms with E-state index in [1.165, 1.54) is 12.8 Å². The second-order valence-corrected chi connectivity index (χ2v) is 5.94. The van der Waals surface area contributed by atoms with Gasteiger partial charge >= 0.3 is 0 Å². The predicted molar refractivity (Wildman–Crippen MR) is 84.1 cm³/mol. The smallest absolute Gasteiger partial charge is 0.232 e. The van der Waals surface area contributed by atoms with Gasteiger partial charge in [0.2, 0.25) is 18.6 Å². The van der Waals surface area contributed by atoms with E-state index in [9.17, 15) is 9.59 Å². The van der Waals surface area contributed by atoms with E-state index in [1.54, 1.807) is 0 Å². The minimum Gasteiger partial charge on any atom is -0.454 e. The first-order valence-electron chi connectivity index (χ1n) is 8.15. The molecule has 1 aromatic rings. The maximum Gasteiger partial charge on any atom is 0.232 e. The number of nitrogens with one attached hydrogen (secondary N) is 1. The molecule has 2 amide bonds. The third kappa shape index (κ3) is 4.15. The van der Waals surface area contributed by atoms with Crippen molar-refractivity contribution < 1.29 is 19.1 Å². The molecule has 0 atom stereocenters. The summed E-state index contributed by atoms with van der Waals surface area (Å²) >= 11 is 0. The van der Waals surface area contributed by atoms with Crippen LogP contribution < -0.4 is 14.8 Å². The van der Waals surface area contributed by atoms with Crippen LogP contribution in [0.25, 0.3) is 0 Å². The van der Waals surface area contributed by atoms with Gasteiger partial charge in [-0.15, -0.1) is 0 Å². The largest absolute Gasteiger partial charge is 0.454 e. The van der Waals surface area contributed by atoms with Crippen LogP contribution in [0.5, 0.6) is 11.5 Å². The third-order valence-corrected chi connectivity index (χ3v) is 4.20. The lowest BCUT2D eigenvalue weighted by Gasteiger charge is -2.19. The molecule has 23 heavy (non-hydrogen) atoms. The van der Waals surface area contributed by atoms with Gasteiger partial charge in [0.25, 0.3) is 0 Å². The lowest BCUT2D eigenvalue weighted by Crippen LogP contribution is -2.36. The van der Waals surface area contributed by atoms with Crippen LogP contribution in [0.4, 0.5) is 0 Å². The van der Waals surface area contributed by atoms with E-state index in [4.69, 9.17) is 9.47 Å². The van der Waals surface area contributed by atoms with Crippen molar-refractivity contribution in [2.24, 2.45) is 0 Å². The molecule has 0 aliphatic carbocycles. The van der Waals surface area contributed by atoms with Crippen molar-refractivity contribution in [2.75, 3.05) is 19.9 Å². The van der Waals surface area contributed by atoms with Crippen LogP contribution in [-0.4, -0.2) is 36.6 Å². The van der Waals surface area contributed by atoms with Crippen LogP contribution >= 0.6 is 0 Å². The van der Waals surface area contributed by atoms with Gasteiger partial charge in [-0.25, -0.2) is 0 Å². The highest BCUT2D eigenvalue weighted by Gasteiger charge is 2.18. The molecule has 2 aliphatic heterocycles. The summed E-state index contributed by atoms with van der Waals surface area (Å²) in [7, 11) is 0. The van der Waals surface area contributed by atoms with Crippen molar-refractivity contribution in [2.45, 2.75) is 38.6 Å². The maximum absolute atomic E-state index is 12.2. The minimum atomic E-state index is -0.239. The molecule has 0 saturated carbocycles. The fourth-order valence-electron chi connectivity index (χ4n) is 2.88. The first-order chi connectivity index (χ1) is 11.2. The zero-order chi connectivity index (χ0) is 16.1. The van der Waals surface area contributed by atoms with Gasteiger partial charge in [-0.1, -0.05) is 18.9 Å². The molecule has 0 unspecified atom stereocenters. The summed E-state index contributed by atoms with van der Waals surface area (Å²) in [5, 5.41) is 2.79. The molecule has 0 spiro atoms. The van der Waals surface area contributed by atoms with E-state index < -0.39 is 0 Å². The Kier molecular flexibility index (Phi) is 5.00. The standard InChI is InChI=1S/C17H22N2O4/c20-16(10-17(21)19-7-3-1-2-4-8-19)18-11-13-5-6-14-15(9-13)23-12-22-14/h5-6,9H,1-4,7-8,10-12H2,(H,18,20). The summed E-state index contributed by atoms with van der Waals surface area (Å²) in [5.74, 6) is 1.10. The summed E-state index contributed by atoms with van der Waals surface area (Å²) in [6, 6.07) is 5.55. The molecule has 6 nitrogen and oxygen atoms in total. The number of hydrogen-bond donors (Lipinski definition) is 1. The fourth-order valence-corrected chi connectivity index (χ4v) is 2.88. The normalized spacial score (nSPS) is 16.8. The van der Waals surface area contributed by atoms with Crippen LogP contribution in [-0.2, 0) is 16.1 Å². The van der Waals surface area contributed by atoms with Crippen molar-refractivity contribution in [1.29, 1.82) is 0 Å². The van der Waals surface area contributed by atoms with Gasteiger partial charge in [0.15, 0.2) is 11.5 Å². The number of carbonyl (C=O) groups excluding carboxylic acids is 2. The summed E-state index contributed by atoms with van der Waals surface area (Å²) in [5.41, 5.74) is 0.921. The molecule has 0 radical (unpaired) electrons. The van der Waals surface area contributed by atoms with E-state index in [1.807, 2.05) is 23.1 Å². The molecule has 1 fully saturated rings. The van der Waals surface area contributed by atoms with Gasteiger partial charge in [0, 0.05) is 19.6 Å². The van der Waals surface area contributed by atoms with E-state index in [-0.39, 0.29) is 25.0 Å². The highest BCUT2D eigenvalue weighted by Crippen LogP contribution is 2.32. The Bertz CT molecular complexity index is 580. The Morgan fingerprint density at radius 3 is 2.57 bits per heavy atom. The van der Waals surface area contributed by atoms with Gasteiger partial charge in [-0.05, 0) is 30.5 Å². The topological polar surface area (TPSA) is 67.9 Å². The number of fused-ring (bicyclic) bond motifs is 1. The minimum absolute atomic E-state index is 0.0740. The lowest BCUT2D eigenvalue weighted by atomic mass is 10.2. The highest BCUT2D eigenvalue weighted by atomic mass is 16.7. The molecule has 0 aromatic heterocycles. The number of rotatable bonds is 4. The van der Waals surface area contributed by atoms with Crippen LogP contribution in [0.1, 0.15) is 37.7 Å². The fraction of sp³-hybridized carbons (Fsp3) is 0.529. The molecule has 6 heteroatoms. The number of hydrogen-bond acceptors (Lipinski definition) is 4. The molecule has 1 N–H and O–H groups in total. The number of nitrogens with zero attached hydrogens (tertiary/aromatic N) is 1. The molecule has 124 valence electrons. The predicted octanol–water partition coefficient (Wildman–Crippen LogP) is 1.82. The Hall–Kier alpha value is -2.24. The zero-order valence-electron chi connectivity index (χ0n) is 13.2. The van der Waals surface area contributed by atoms with Crippen LogP contribution in [0.2, 0.25) is 0 Å². The number of benzene rings is 1. The molecule has 2 aliphatic rings. The van der Waals surface area contributed by atoms with Gasteiger partial charge in [-0.3, -0.25) is 9.59 Å². The Labute approximate surface area is 135 Å².